The van der Waals surface area contributed by atoms with E-state index in [1.165, 1.54) is 0 Å². The molecule has 17 heavy (non-hydrogen) atoms. The fourth-order valence-corrected chi connectivity index (χ4v) is 2.26. The molecular formula is C13H26O3S. The summed E-state index contributed by atoms with van der Waals surface area (Å²) < 4.78 is 22.5. The monoisotopic (exact) mass is 262 g/mol. The summed E-state index contributed by atoms with van der Waals surface area (Å²) in [5.41, 5.74) is 0.130. The van der Waals surface area contributed by atoms with Crippen molar-refractivity contribution in [3.63, 3.8) is 0 Å². The van der Waals surface area contributed by atoms with Crippen LogP contribution in [0.3, 0.4) is 0 Å². The fourth-order valence-electron chi connectivity index (χ4n) is 1.38. The van der Waals surface area contributed by atoms with Gasteiger partial charge in [-0.2, -0.15) is 0 Å². The van der Waals surface area contributed by atoms with Crippen LogP contribution in [0.1, 0.15) is 53.9 Å². The quantitative estimate of drug-likeness (QED) is 0.709. The Morgan fingerprint density at radius 1 is 1.24 bits per heavy atom. The second-order valence-corrected chi connectivity index (χ2v) is 8.32. The van der Waals surface area contributed by atoms with E-state index in [2.05, 4.69) is 27.7 Å². The minimum absolute atomic E-state index is 0.130. The predicted molar refractivity (Wildman–Crippen MR) is 71.8 cm³/mol. The molecule has 0 heterocycles. The molecule has 102 valence electrons. The second kappa shape index (κ2) is 6.53. The molecule has 0 aromatic carbocycles. The molecule has 0 aliphatic carbocycles. The molecule has 3 nitrogen and oxygen atoms in total. The summed E-state index contributed by atoms with van der Waals surface area (Å²) in [6, 6.07) is 0. The Bertz CT molecular complexity index is 336. The van der Waals surface area contributed by atoms with Gasteiger partial charge in [-0.25, -0.2) is 8.42 Å². The maximum Gasteiger partial charge on any atom is 0.150 e. The third kappa shape index (κ3) is 7.53. The molecular weight excluding hydrogens is 236 g/mol. The van der Waals surface area contributed by atoms with Crippen molar-refractivity contribution in [2.24, 2.45) is 11.3 Å². The number of hydrogen-bond donors (Lipinski definition) is 0. The van der Waals surface area contributed by atoms with E-state index in [-0.39, 0.29) is 22.7 Å². The Morgan fingerprint density at radius 3 is 2.18 bits per heavy atom. The standard InChI is InChI=1S/C13H26O3S/c1-6-17(15,16)9-7-8-12(14)10-11(2)13(3,4)5/h11H,6-10H2,1-5H3. The zero-order valence-electron chi connectivity index (χ0n) is 11.7. The van der Waals surface area contributed by atoms with Gasteiger partial charge in [0.1, 0.15) is 15.6 Å². The van der Waals surface area contributed by atoms with Crippen LogP contribution in [0.2, 0.25) is 0 Å². The molecule has 0 saturated heterocycles. The van der Waals surface area contributed by atoms with Gasteiger partial charge in [0.2, 0.25) is 0 Å². The first-order valence-electron chi connectivity index (χ1n) is 6.30. The van der Waals surface area contributed by atoms with Crippen molar-refractivity contribution in [2.75, 3.05) is 11.5 Å². The molecule has 0 spiro atoms. The van der Waals surface area contributed by atoms with Crippen molar-refractivity contribution < 1.29 is 13.2 Å². The number of carbonyl (C=O) groups is 1. The van der Waals surface area contributed by atoms with Crippen LogP contribution in [0.4, 0.5) is 0 Å². The summed E-state index contributed by atoms with van der Waals surface area (Å²) >= 11 is 0. The molecule has 0 saturated carbocycles. The van der Waals surface area contributed by atoms with Crippen LogP contribution in [-0.4, -0.2) is 25.7 Å². The van der Waals surface area contributed by atoms with E-state index < -0.39 is 9.84 Å². The Morgan fingerprint density at radius 2 is 1.76 bits per heavy atom. The SMILES string of the molecule is CCS(=O)(=O)CCCC(=O)CC(C)C(C)(C)C. The number of rotatable bonds is 7. The molecule has 0 N–H and O–H groups in total. The van der Waals surface area contributed by atoms with Crippen LogP contribution in [0, 0.1) is 11.3 Å². The highest BCUT2D eigenvalue weighted by atomic mass is 32.2. The van der Waals surface area contributed by atoms with Crippen molar-refractivity contribution in [1.29, 1.82) is 0 Å². The van der Waals surface area contributed by atoms with Crippen LogP contribution >= 0.6 is 0 Å². The maximum atomic E-state index is 11.7. The van der Waals surface area contributed by atoms with Gasteiger partial charge in [0, 0.05) is 18.6 Å². The molecule has 0 rings (SSSR count). The van der Waals surface area contributed by atoms with Gasteiger partial charge >= 0.3 is 0 Å². The largest absolute Gasteiger partial charge is 0.300 e. The number of Topliss-reactive ketones (excluding diaryl/α,β-unsaturated/α-hetero) is 1. The minimum Gasteiger partial charge on any atom is -0.300 e. The number of sulfone groups is 1. The summed E-state index contributed by atoms with van der Waals surface area (Å²) in [5, 5.41) is 0. The molecule has 0 radical (unpaired) electrons. The molecule has 0 aromatic rings. The van der Waals surface area contributed by atoms with Gasteiger partial charge in [0.25, 0.3) is 0 Å². The smallest absolute Gasteiger partial charge is 0.150 e. The summed E-state index contributed by atoms with van der Waals surface area (Å²) in [6.45, 7) is 10.1. The van der Waals surface area contributed by atoms with E-state index in [9.17, 15) is 13.2 Å². The second-order valence-electron chi connectivity index (χ2n) is 5.85. The van der Waals surface area contributed by atoms with E-state index in [1.807, 2.05) is 0 Å². The Labute approximate surface area is 106 Å². The van der Waals surface area contributed by atoms with Crippen LogP contribution < -0.4 is 0 Å². The molecule has 0 aliphatic heterocycles. The lowest BCUT2D eigenvalue weighted by atomic mass is 9.79. The lowest BCUT2D eigenvalue weighted by molar-refractivity contribution is -0.120. The number of carbonyl (C=O) groups excluding carboxylic acids is 1. The topological polar surface area (TPSA) is 51.2 Å². The Balaban J connectivity index is 3.98. The highest BCUT2D eigenvalue weighted by Gasteiger charge is 2.22. The van der Waals surface area contributed by atoms with E-state index in [4.69, 9.17) is 0 Å². The van der Waals surface area contributed by atoms with Crippen LogP contribution in [0.5, 0.6) is 0 Å². The van der Waals surface area contributed by atoms with Gasteiger partial charge in [-0.15, -0.1) is 0 Å². The molecule has 0 aliphatic rings. The van der Waals surface area contributed by atoms with E-state index >= 15 is 0 Å². The normalized spacial score (nSPS) is 14.6. The van der Waals surface area contributed by atoms with Crippen LogP contribution in [0.25, 0.3) is 0 Å². The third-order valence-electron chi connectivity index (χ3n) is 3.36. The first-order chi connectivity index (χ1) is 7.58. The molecule has 0 fully saturated rings. The zero-order chi connectivity index (χ0) is 13.7. The van der Waals surface area contributed by atoms with Gasteiger partial charge in [-0.3, -0.25) is 4.79 Å². The average Bonchev–Trinajstić information content (AvgIpc) is 2.15. The molecule has 1 unspecified atom stereocenters. The lowest BCUT2D eigenvalue weighted by Gasteiger charge is -2.26. The molecule has 1 atom stereocenters. The Kier molecular flexibility index (Phi) is 6.38. The molecule has 0 aromatic heterocycles. The van der Waals surface area contributed by atoms with Crippen molar-refractivity contribution in [3.8, 4) is 0 Å². The van der Waals surface area contributed by atoms with E-state index in [0.29, 0.717) is 25.2 Å². The van der Waals surface area contributed by atoms with Gasteiger partial charge in [0.15, 0.2) is 0 Å². The molecule has 0 bridgehead atoms. The van der Waals surface area contributed by atoms with Crippen molar-refractivity contribution >= 4 is 15.6 Å². The fraction of sp³-hybridized carbons (Fsp3) is 0.923. The van der Waals surface area contributed by atoms with Gasteiger partial charge in [-0.1, -0.05) is 34.6 Å². The molecule has 4 heteroatoms. The third-order valence-corrected chi connectivity index (χ3v) is 5.15. The average molecular weight is 262 g/mol. The van der Waals surface area contributed by atoms with Crippen LogP contribution in [-0.2, 0) is 14.6 Å². The van der Waals surface area contributed by atoms with E-state index in [1.54, 1.807) is 6.92 Å². The lowest BCUT2D eigenvalue weighted by Crippen LogP contribution is -2.21. The van der Waals surface area contributed by atoms with Gasteiger partial charge in [0.05, 0.1) is 5.75 Å². The summed E-state index contributed by atoms with van der Waals surface area (Å²) in [5.74, 6) is 0.815. The number of hydrogen-bond acceptors (Lipinski definition) is 3. The van der Waals surface area contributed by atoms with Crippen molar-refractivity contribution in [2.45, 2.75) is 53.9 Å². The van der Waals surface area contributed by atoms with Gasteiger partial charge in [-0.05, 0) is 17.8 Å². The highest BCUT2D eigenvalue weighted by molar-refractivity contribution is 7.91. The summed E-state index contributed by atoms with van der Waals surface area (Å²) in [7, 11) is -2.92. The molecule has 0 amide bonds. The minimum atomic E-state index is -2.92. The number of ketones is 1. The van der Waals surface area contributed by atoms with Gasteiger partial charge < -0.3 is 0 Å². The highest BCUT2D eigenvalue weighted by Crippen LogP contribution is 2.28. The van der Waals surface area contributed by atoms with E-state index in [0.717, 1.165) is 0 Å². The zero-order valence-corrected chi connectivity index (χ0v) is 12.6. The first kappa shape index (κ1) is 16.6. The predicted octanol–water partition coefficient (Wildman–Crippen LogP) is 2.84. The summed E-state index contributed by atoms with van der Waals surface area (Å²) in [6.07, 6.45) is 1.40. The maximum absolute atomic E-state index is 11.7. The first-order valence-corrected chi connectivity index (χ1v) is 8.12. The van der Waals surface area contributed by atoms with Crippen molar-refractivity contribution in [3.05, 3.63) is 0 Å². The summed E-state index contributed by atoms with van der Waals surface area (Å²) in [4.78, 5) is 11.7. The van der Waals surface area contributed by atoms with Crippen LogP contribution in [0.15, 0.2) is 0 Å². The Hall–Kier alpha value is -0.380. The van der Waals surface area contributed by atoms with Crippen molar-refractivity contribution in [1.82, 2.24) is 0 Å².